The number of hydrogen-bond acceptors (Lipinski definition) is 6. The highest BCUT2D eigenvalue weighted by Crippen LogP contribution is 2.21. The van der Waals surface area contributed by atoms with Crippen molar-refractivity contribution in [3.8, 4) is 0 Å². The summed E-state index contributed by atoms with van der Waals surface area (Å²) in [4.78, 5) is 44.4. The molecule has 9 heteroatoms. The van der Waals surface area contributed by atoms with Gasteiger partial charge in [-0.15, -0.1) is 11.3 Å². The van der Waals surface area contributed by atoms with Gasteiger partial charge < -0.3 is 4.74 Å². The van der Waals surface area contributed by atoms with E-state index in [9.17, 15) is 18.8 Å². The Kier molecular flexibility index (Phi) is 5.05. The second kappa shape index (κ2) is 7.80. The first kappa shape index (κ1) is 18.8. The number of carbonyl (C=O) groups is 1. The zero-order valence-electron chi connectivity index (χ0n) is 14.9. The van der Waals surface area contributed by atoms with E-state index < -0.39 is 23.0 Å². The average molecular weight is 411 g/mol. The smallest absolute Gasteiger partial charge is 0.348 e. The highest BCUT2D eigenvalue weighted by molar-refractivity contribution is 7.20. The predicted octanol–water partition coefficient (Wildman–Crippen LogP) is 2.69. The molecule has 29 heavy (non-hydrogen) atoms. The number of hydrogen-bond donors (Lipinski definition) is 1. The number of thiophene rings is 1. The number of carbonyl (C=O) groups excluding carboxylic acids is 1. The predicted molar refractivity (Wildman–Crippen MR) is 106 cm³/mol. The first-order valence-corrected chi connectivity index (χ1v) is 9.40. The van der Waals surface area contributed by atoms with Crippen molar-refractivity contribution in [2.75, 3.05) is 0 Å². The fourth-order valence-electron chi connectivity index (χ4n) is 2.76. The number of fused-ring (bicyclic) bond motifs is 1. The third-order valence-electron chi connectivity index (χ3n) is 4.25. The summed E-state index contributed by atoms with van der Waals surface area (Å²) in [7, 11) is 0. The van der Waals surface area contributed by atoms with Gasteiger partial charge in [-0.3, -0.25) is 19.3 Å². The summed E-state index contributed by atoms with van der Waals surface area (Å²) in [5.74, 6) is -0.994. The minimum absolute atomic E-state index is 0.0118. The lowest BCUT2D eigenvalue weighted by Crippen LogP contribution is -2.34. The molecule has 0 atom stereocenters. The summed E-state index contributed by atoms with van der Waals surface area (Å²) in [5.41, 5.74) is 0.248. The Labute approximate surface area is 167 Å². The van der Waals surface area contributed by atoms with Crippen LogP contribution in [-0.4, -0.2) is 20.5 Å². The van der Waals surface area contributed by atoms with Gasteiger partial charge in [0.15, 0.2) is 0 Å². The van der Waals surface area contributed by atoms with E-state index in [4.69, 9.17) is 4.74 Å². The fourth-order valence-corrected chi connectivity index (χ4v) is 3.69. The largest absolute Gasteiger partial charge is 0.457 e. The van der Waals surface area contributed by atoms with Crippen LogP contribution in [0.4, 0.5) is 4.39 Å². The van der Waals surface area contributed by atoms with Gasteiger partial charge in [-0.25, -0.2) is 14.0 Å². The zero-order valence-corrected chi connectivity index (χ0v) is 15.7. The minimum atomic E-state index is -0.606. The first-order chi connectivity index (χ1) is 14.0. The molecular weight excluding hydrogens is 397 g/mol. The second-order valence-corrected chi connectivity index (χ2v) is 7.29. The molecule has 146 valence electrons. The molecule has 0 aliphatic carbocycles. The van der Waals surface area contributed by atoms with Crippen molar-refractivity contribution in [1.82, 2.24) is 14.5 Å². The van der Waals surface area contributed by atoms with Crippen LogP contribution in [-0.2, 0) is 17.9 Å². The molecule has 7 nitrogen and oxygen atoms in total. The van der Waals surface area contributed by atoms with Crippen molar-refractivity contribution in [3.05, 3.63) is 97.5 Å². The van der Waals surface area contributed by atoms with Crippen molar-refractivity contribution in [2.24, 2.45) is 0 Å². The van der Waals surface area contributed by atoms with E-state index in [1.165, 1.54) is 30.3 Å². The van der Waals surface area contributed by atoms with Crippen LogP contribution in [0.3, 0.4) is 0 Å². The van der Waals surface area contributed by atoms with E-state index in [-0.39, 0.29) is 23.4 Å². The molecule has 1 aromatic carbocycles. The summed E-state index contributed by atoms with van der Waals surface area (Å²) < 4.78 is 19.3. The number of benzene rings is 1. The first-order valence-electron chi connectivity index (χ1n) is 8.58. The third-order valence-corrected chi connectivity index (χ3v) is 5.28. The average Bonchev–Trinajstić information content (AvgIpc) is 3.16. The molecule has 4 aromatic rings. The lowest BCUT2D eigenvalue weighted by Gasteiger charge is -2.04. The van der Waals surface area contributed by atoms with E-state index in [1.54, 1.807) is 24.5 Å². The zero-order chi connectivity index (χ0) is 20.4. The lowest BCUT2D eigenvalue weighted by atomic mass is 10.2. The number of halogens is 1. The Morgan fingerprint density at radius 2 is 1.83 bits per heavy atom. The van der Waals surface area contributed by atoms with Crippen LogP contribution in [0.15, 0.2) is 64.4 Å². The SMILES string of the molecule is O=C(OCc1ccncc1)c1cc2c(=O)n(Cc3ccc(F)cc3)c(=O)[nH]c2s1. The van der Waals surface area contributed by atoms with Gasteiger partial charge in [0.05, 0.1) is 11.9 Å². The Morgan fingerprint density at radius 1 is 1.10 bits per heavy atom. The Bertz CT molecular complexity index is 1290. The van der Waals surface area contributed by atoms with Gasteiger partial charge in [0.25, 0.3) is 5.56 Å². The molecular formula is C20H14FN3O4S. The van der Waals surface area contributed by atoms with Gasteiger partial charge in [0.1, 0.15) is 22.1 Å². The second-order valence-electron chi connectivity index (χ2n) is 6.23. The molecule has 0 bridgehead atoms. The van der Waals surface area contributed by atoms with Crippen molar-refractivity contribution >= 4 is 27.5 Å². The van der Waals surface area contributed by atoms with E-state index in [0.717, 1.165) is 21.5 Å². The van der Waals surface area contributed by atoms with E-state index in [0.29, 0.717) is 10.4 Å². The number of nitrogens with one attached hydrogen (secondary N) is 1. The van der Waals surface area contributed by atoms with Crippen LogP contribution >= 0.6 is 11.3 Å². The molecule has 0 aliphatic heterocycles. The minimum Gasteiger partial charge on any atom is -0.457 e. The Morgan fingerprint density at radius 3 is 2.55 bits per heavy atom. The number of pyridine rings is 1. The van der Waals surface area contributed by atoms with Gasteiger partial charge in [-0.2, -0.15) is 0 Å². The maximum Gasteiger partial charge on any atom is 0.348 e. The topological polar surface area (TPSA) is 94.0 Å². The number of nitrogens with zero attached hydrogens (tertiary/aromatic N) is 2. The van der Waals surface area contributed by atoms with E-state index in [2.05, 4.69) is 9.97 Å². The summed E-state index contributed by atoms with van der Waals surface area (Å²) >= 11 is 0.980. The maximum absolute atomic E-state index is 13.1. The quantitative estimate of drug-likeness (QED) is 0.510. The van der Waals surface area contributed by atoms with Gasteiger partial charge >= 0.3 is 11.7 Å². The van der Waals surface area contributed by atoms with Crippen molar-refractivity contribution in [2.45, 2.75) is 13.2 Å². The van der Waals surface area contributed by atoms with Crippen molar-refractivity contribution in [3.63, 3.8) is 0 Å². The van der Waals surface area contributed by atoms with Crippen LogP contribution in [0, 0.1) is 5.82 Å². The Balaban J connectivity index is 1.61. The van der Waals surface area contributed by atoms with Crippen LogP contribution in [0.25, 0.3) is 10.2 Å². The third kappa shape index (κ3) is 3.99. The number of aromatic nitrogens is 3. The molecule has 0 fully saturated rings. The van der Waals surface area contributed by atoms with Gasteiger partial charge in [-0.05, 0) is 41.5 Å². The van der Waals surface area contributed by atoms with E-state index in [1.807, 2.05) is 0 Å². The molecule has 0 amide bonds. The summed E-state index contributed by atoms with van der Waals surface area (Å²) in [6.45, 7) is 0.0585. The highest BCUT2D eigenvalue weighted by atomic mass is 32.1. The number of aromatic amines is 1. The fraction of sp³-hybridized carbons (Fsp3) is 0.100. The molecule has 3 aromatic heterocycles. The lowest BCUT2D eigenvalue weighted by molar-refractivity contribution is 0.0478. The molecule has 0 saturated heterocycles. The van der Waals surface area contributed by atoms with Gasteiger partial charge in [0, 0.05) is 12.4 Å². The highest BCUT2D eigenvalue weighted by Gasteiger charge is 2.17. The normalized spacial score (nSPS) is 10.9. The molecule has 0 saturated carbocycles. The molecule has 3 heterocycles. The van der Waals surface area contributed by atoms with Gasteiger partial charge in [0.2, 0.25) is 0 Å². The number of H-pyrrole nitrogens is 1. The molecule has 4 rings (SSSR count). The van der Waals surface area contributed by atoms with Crippen LogP contribution in [0.2, 0.25) is 0 Å². The van der Waals surface area contributed by atoms with Crippen molar-refractivity contribution in [1.29, 1.82) is 0 Å². The van der Waals surface area contributed by atoms with Crippen LogP contribution in [0.5, 0.6) is 0 Å². The van der Waals surface area contributed by atoms with Crippen molar-refractivity contribution < 1.29 is 13.9 Å². The summed E-state index contributed by atoms with van der Waals surface area (Å²) in [6, 6.07) is 10.4. The maximum atomic E-state index is 13.1. The van der Waals surface area contributed by atoms with Crippen LogP contribution < -0.4 is 11.2 Å². The van der Waals surface area contributed by atoms with Crippen LogP contribution in [0.1, 0.15) is 20.8 Å². The molecule has 0 unspecified atom stereocenters. The summed E-state index contributed by atoms with van der Waals surface area (Å²) in [5, 5.41) is 0.215. The molecule has 0 spiro atoms. The standard InChI is InChI=1S/C20H14FN3O4S/c21-14-3-1-12(2-4-14)10-24-18(25)15-9-16(29-17(15)23-20(24)27)19(26)28-11-13-5-7-22-8-6-13/h1-9H,10-11H2,(H,23,27). The summed E-state index contributed by atoms with van der Waals surface area (Å²) in [6.07, 6.45) is 3.19. The Hall–Kier alpha value is -3.59. The molecule has 0 aliphatic rings. The van der Waals surface area contributed by atoms with E-state index >= 15 is 0 Å². The molecule has 0 radical (unpaired) electrons. The molecule has 1 N–H and O–H groups in total. The monoisotopic (exact) mass is 411 g/mol. The number of esters is 1. The van der Waals surface area contributed by atoms with Gasteiger partial charge in [-0.1, -0.05) is 12.1 Å². The number of ether oxygens (including phenoxy) is 1. The number of rotatable bonds is 5.